The Morgan fingerprint density at radius 2 is 1.94 bits per heavy atom. The first-order valence-corrected chi connectivity index (χ1v) is 6.22. The first kappa shape index (κ1) is 12.7. The van der Waals surface area contributed by atoms with E-state index in [1.54, 1.807) is 24.3 Å². The number of carbonyl (C=O) groups is 1. The average molecular weight is 260 g/mol. The fourth-order valence-corrected chi connectivity index (χ4v) is 1.89. The number of benzene rings is 2. The molecule has 0 fully saturated rings. The molecule has 0 spiro atoms. The summed E-state index contributed by atoms with van der Waals surface area (Å²) in [6.45, 7) is 2.08. The molecule has 0 aliphatic rings. The van der Waals surface area contributed by atoms with Crippen molar-refractivity contribution in [2.24, 2.45) is 0 Å². The van der Waals surface area contributed by atoms with Crippen LogP contribution in [0.25, 0.3) is 0 Å². The molecule has 0 unspecified atom stereocenters. The summed E-state index contributed by atoms with van der Waals surface area (Å²) in [5.74, 6) is -0.147. The van der Waals surface area contributed by atoms with Crippen LogP contribution in [0.4, 0.5) is 5.69 Å². The van der Waals surface area contributed by atoms with Crippen LogP contribution in [0.3, 0.4) is 0 Å². The molecule has 0 bridgehead atoms. The molecule has 1 N–H and O–H groups in total. The Morgan fingerprint density at radius 3 is 2.67 bits per heavy atom. The van der Waals surface area contributed by atoms with E-state index in [-0.39, 0.29) is 5.91 Å². The smallest absolute Gasteiger partial charge is 0.255 e. The number of halogens is 1. The highest BCUT2D eigenvalue weighted by atomic mass is 35.5. The summed E-state index contributed by atoms with van der Waals surface area (Å²) in [6, 6.07) is 14.7. The highest BCUT2D eigenvalue weighted by Gasteiger charge is 2.06. The topological polar surface area (TPSA) is 29.1 Å². The van der Waals surface area contributed by atoms with E-state index in [0.29, 0.717) is 10.6 Å². The molecule has 2 aromatic carbocycles. The second kappa shape index (κ2) is 5.69. The van der Waals surface area contributed by atoms with Crippen LogP contribution in [0, 0.1) is 0 Å². The molecule has 3 heteroatoms. The highest BCUT2D eigenvalue weighted by Crippen LogP contribution is 2.15. The normalized spacial score (nSPS) is 10.1. The van der Waals surface area contributed by atoms with Gasteiger partial charge in [-0.1, -0.05) is 36.7 Å². The Morgan fingerprint density at radius 1 is 1.17 bits per heavy atom. The molecule has 0 radical (unpaired) electrons. The van der Waals surface area contributed by atoms with Crippen molar-refractivity contribution in [1.29, 1.82) is 0 Å². The largest absolute Gasteiger partial charge is 0.322 e. The average Bonchev–Trinajstić information content (AvgIpc) is 2.39. The fraction of sp³-hybridized carbons (Fsp3) is 0.133. The van der Waals surface area contributed by atoms with Gasteiger partial charge in [-0.15, -0.1) is 0 Å². The third kappa shape index (κ3) is 3.11. The molecule has 0 aliphatic carbocycles. The van der Waals surface area contributed by atoms with E-state index in [1.807, 2.05) is 24.3 Å². The maximum Gasteiger partial charge on any atom is 0.255 e. The van der Waals surface area contributed by atoms with Crippen molar-refractivity contribution in [3.8, 4) is 0 Å². The van der Waals surface area contributed by atoms with Crippen LogP contribution < -0.4 is 5.32 Å². The molecule has 18 heavy (non-hydrogen) atoms. The predicted molar refractivity (Wildman–Crippen MR) is 75.2 cm³/mol. The third-order valence-electron chi connectivity index (χ3n) is 2.68. The fourth-order valence-electron chi connectivity index (χ4n) is 1.70. The zero-order valence-electron chi connectivity index (χ0n) is 10.1. The van der Waals surface area contributed by atoms with Gasteiger partial charge in [-0.3, -0.25) is 4.79 Å². The van der Waals surface area contributed by atoms with Gasteiger partial charge in [-0.2, -0.15) is 0 Å². The lowest BCUT2D eigenvalue weighted by Gasteiger charge is -2.07. The standard InChI is InChI=1S/C15H14ClNO/c1-2-11-5-3-8-14(9-11)17-15(18)12-6-4-7-13(16)10-12/h3-10H,2H2,1H3,(H,17,18). The van der Waals surface area contributed by atoms with Gasteiger partial charge in [-0.05, 0) is 42.3 Å². The Balaban J connectivity index is 2.16. The van der Waals surface area contributed by atoms with Gasteiger partial charge < -0.3 is 5.32 Å². The number of amides is 1. The highest BCUT2D eigenvalue weighted by molar-refractivity contribution is 6.31. The lowest BCUT2D eigenvalue weighted by Crippen LogP contribution is -2.11. The Kier molecular flexibility index (Phi) is 4.00. The molecule has 0 saturated heterocycles. The van der Waals surface area contributed by atoms with Crippen LogP contribution in [0.15, 0.2) is 48.5 Å². The summed E-state index contributed by atoms with van der Waals surface area (Å²) in [5, 5.41) is 3.42. The van der Waals surface area contributed by atoms with E-state index in [0.717, 1.165) is 12.1 Å². The molecular weight excluding hydrogens is 246 g/mol. The Hall–Kier alpha value is -1.80. The lowest BCUT2D eigenvalue weighted by molar-refractivity contribution is 0.102. The molecule has 1 amide bonds. The van der Waals surface area contributed by atoms with Crippen molar-refractivity contribution in [3.05, 3.63) is 64.7 Å². The van der Waals surface area contributed by atoms with Crippen molar-refractivity contribution in [3.63, 3.8) is 0 Å². The van der Waals surface area contributed by atoms with Gasteiger partial charge in [0.25, 0.3) is 5.91 Å². The van der Waals surface area contributed by atoms with Crippen LogP contribution in [0.1, 0.15) is 22.8 Å². The van der Waals surface area contributed by atoms with Gasteiger partial charge in [0.15, 0.2) is 0 Å². The van der Waals surface area contributed by atoms with E-state index in [9.17, 15) is 4.79 Å². The lowest BCUT2D eigenvalue weighted by atomic mass is 10.1. The van der Waals surface area contributed by atoms with Gasteiger partial charge in [0.1, 0.15) is 0 Å². The number of rotatable bonds is 3. The number of nitrogens with one attached hydrogen (secondary N) is 1. The maximum absolute atomic E-state index is 12.0. The van der Waals surface area contributed by atoms with Gasteiger partial charge in [0.2, 0.25) is 0 Å². The van der Waals surface area contributed by atoms with Crippen molar-refractivity contribution in [2.45, 2.75) is 13.3 Å². The molecule has 0 aromatic heterocycles. The van der Waals surface area contributed by atoms with E-state index in [4.69, 9.17) is 11.6 Å². The zero-order valence-corrected chi connectivity index (χ0v) is 10.9. The van der Waals surface area contributed by atoms with E-state index in [1.165, 1.54) is 5.56 Å². The summed E-state index contributed by atoms with van der Waals surface area (Å²) in [5.41, 5.74) is 2.56. The first-order valence-electron chi connectivity index (χ1n) is 5.85. The molecule has 0 aliphatic heterocycles. The molecule has 0 heterocycles. The second-order valence-electron chi connectivity index (χ2n) is 4.02. The second-order valence-corrected chi connectivity index (χ2v) is 4.45. The first-order chi connectivity index (χ1) is 8.69. The minimum absolute atomic E-state index is 0.147. The molecule has 0 saturated carbocycles. The summed E-state index contributed by atoms with van der Waals surface area (Å²) in [7, 11) is 0. The SMILES string of the molecule is CCc1cccc(NC(=O)c2cccc(Cl)c2)c1. The number of anilines is 1. The summed E-state index contributed by atoms with van der Waals surface area (Å²) < 4.78 is 0. The minimum Gasteiger partial charge on any atom is -0.322 e. The monoisotopic (exact) mass is 259 g/mol. The van der Waals surface area contributed by atoms with Crippen LogP contribution >= 0.6 is 11.6 Å². The summed E-state index contributed by atoms with van der Waals surface area (Å²) in [4.78, 5) is 12.0. The quantitative estimate of drug-likeness (QED) is 0.881. The van der Waals surface area contributed by atoms with Crippen LogP contribution in [-0.4, -0.2) is 5.91 Å². The van der Waals surface area contributed by atoms with Crippen molar-refractivity contribution < 1.29 is 4.79 Å². The molecule has 92 valence electrons. The van der Waals surface area contributed by atoms with E-state index < -0.39 is 0 Å². The maximum atomic E-state index is 12.0. The van der Waals surface area contributed by atoms with E-state index >= 15 is 0 Å². The van der Waals surface area contributed by atoms with E-state index in [2.05, 4.69) is 12.2 Å². The Labute approximate surface area is 112 Å². The van der Waals surface area contributed by atoms with Crippen molar-refractivity contribution in [2.75, 3.05) is 5.32 Å². The number of carbonyl (C=O) groups excluding carboxylic acids is 1. The molecule has 2 nitrogen and oxygen atoms in total. The van der Waals surface area contributed by atoms with Gasteiger partial charge in [0.05, 0.1) is 0 Å². The minimum atomic E-state index is -0.147. The number of hydrogen-bond donors (Lipinski definition) is 1. The molecule has 0 atom stereocenters. The summed E-state index contributed by atoms with van der Waals surface area (Å²) in [6.07, 6.45) is 0.945. The summed E-state index contributed by atoms with van der Waals surface area (Å²) >= 11 is 5.86. The number of aryl methyl sites for hydroxylation is 1. The van der Waals surface area contributed by atoms with Gasteiger partial charge in [0, 0.05) is 16.3 Å². The molecule has 2 rings (SSSR count). The van der Waals surface area contributed by atoms with Crippen LogP contribution in [0.5, 0.6) is 0 Å². The Bertz CT molecular complexity index is 566. The zero-order chi connectivity index (χ0) is 13.0. The van der Waals surface area contributed by atoms with Gasteiger partial charge >= 0.3 is 0 Å². The molecular formula is C15H14ClNO. The van der Waals surface area contributed by atoms with Crippen LogP contribution in [-0.2, 0) is 6.42 Å². The van der Waals surface area contributed by atoms with Crippen molar-refractivity contribution in [1.82, 2.24) is 0 Å². The number of hydrogen-bond acceptors (Lipinski definition) is 1. The van der Waals surface area contributed by atoms with Gasteiger partial charge in [-0.25, -0.2) is 0 Å². The molecule has 2 aromatic rings. The third-order valence-corrected chi connectivity index (χ3v) is 2.92. The predicted octanol–water partition coefficient (Wildman–Crippen LogP) is 4.15. The van der Waals surface area contributed by atoms with Crippen LogP contribution in [0.2, 0.25) is 5.02 Å². The van der Waals surface area contributed by atoms with Crippen molar-refractivity contribution >= 4 is 23.2 Å².